The molecule has 0 aliphatic heterocycles. The molecule has 0 amide bonds. The lowest BCUT2D eigenvalue weighted by molar-refractivity contribution is -0.420. The van der Waals surface area contributed by atoms with Crippen molar-refractivity contribution < 1.29 is 15.2 Å². The molecule has 1 fully saturated rings. The van der Waals surface area contributed by atoms with Crippen LogP contribution < -0.4 is 5.73 Å². The van der Waals surface area contributed by atoms with Gasteiger partial charge in [-0.3, -0.25) is 0 Å². The number of aryl methyl sites for hydroxylation is 1. The summed E-state index contributed by atoms with van der Waals surface area (Å²) in [5, 5.41) is 16.5. The van der Waals surface area contributed by atoms with E-state index < -0.39 is 5.60 Å². The summed E-state index contributed by atoms with van der Waals surface area (Å²) in [6.45, 7) is 4.33. The van der Waals surface area contributed by atoms with Gasteiger partial charge in [-0.1, -0.05) is 36.8 Å². The molecule has 166 valence electrons. The highest BCUT2D eigenvalue weighted by atomic mass is 19.1. The molecule has 32 heavy (non-hydrogen) atoms. The smallest absolute Gasteiger partial charge is 0.123 e. The van der Waals surface area contributed by atoms with E-state index in [2.05, 4.69) is 55.0 Å². The minimum Gasteiger partial charge on any atom is -0.389 e. The Labute approximate surface area is 188 Å². The van der Waals surface area contributed by atoms with E-state index in [1.54, 1.807) is 12.1 Å². The summed E-state index contributed by atoms with van der Waals surface area (Å²) in [6, 6.07) is 15.1. The molecule has 0 spiro atoms. The van der Waals surface area contributed by atoms with Crippen molar-refractivity contribution in [1.82, 2.24) is 9.78 Å². The normalized spacial score (nSPS) is 25.2. The van der Waals surface area contributed by atoms with Crippen LogP contribution >= 0.6 is 0 Å². The Morgan fingerprint density at radius 1 is 1.19 bits per heavy atom. The van der Waals surface area contributed by atoms with Crippen molar-refractivity contribution in [3.05, 3.63) is 88.5 Å². The standard InChI is InChI=1S/C27H30FN3O/c1-18(29)24-6-4-3-5-19(24)11-13-27(32)14-12-21-15-25-20(16-26(21,27)2)17-30-31(25)23-9-7-22(28)8-10-23/h3-10,15,17-18,32H,11-14,16,29H2,1-2H3/p+1/t18-,26+,27+/m1/s1. The zero-order valence-corrected chi connectivity index (χ0v) is 18.8. The second-order valence-corrected chi connectivity index (χ2v) is 9.75. The highest BCUT2D eigenvalue weighted by molar-refractivity contribution is 5.62. The summed E-state index contributed by atoms with van der Waals surface area (Å²) in [6.07, 6.45) is 8.09. The summed E-state index contributed by atoms with van der Waals surface area (Å²) in [7, 11) is 0. The first-order chi connectivity index (χ1) is 15.3. The van der Waals surface area contributed by atoms with Gasteiger partial charge in [-0.15, -0.1) is 0 Å². The Hall–Kier alpha value is -2.76. The number of nitrogens with zero attached hydrogens (tertiary/aromatic N) is 2. The average molecular weight is 433 g/mol. The van der Waals surface area contributed by atoms with E-state index in [1.807, 2.05) is 10.9 Å². The van der Waals surface area contributed by atoms with Crippen molar-refractivity contribution in [2.75, 3.05) is 0 Å². The fraction of sp³-hybridized carbons (Fsp3) is 0.370. The van der Waals surface area contributed by atoms with Gasteiger partial charge in [0.1, 0.15) is 11.9 Å². The molecule has 1 aromatic heterocycles. The summed E-state index contributed by atoms with van der Waals surface area (Å²) in [4.78, 5) is 0. The number of fused-ring (bicyclic) bond motifs is 2. The first-order valence-electron chi connectivity index (χ1n) is 11.5. The van der Waals surface area contributed by atoms with Crippen LogP contribution in [0.4, 0.5) is 4.39 Å². The van der Waals surface area contributed by atoms with E-state index in [0.717, 1.165) is 49.0 Å². The number of quaternary nitrogens is 1. The summed E-state index contributed by atoms with van der Waals surface area (Å²) >= 11 is 0. The van der Waals surface area contributed by atoms with Crippen molar-refractivity contribution in [3.63, 3.8) is 0 Å². The highest BCUT2D eigenvalue weighted by Crippen LogP contribution is 2.56. The Balaban J connectivity index is 1.43. The zero-order chi connectivity index (χ0) is 22.5. The van der Waals surface area contributed by atoms with Crippen molar-refractivity contribution in [2.45, 2.75) is 57.6 Å². The molecule has 3 aromatic rings. The van der Waals surface area contributed by atoms with Gasteiger partial charge in [-0.05, 0) is 80.5 Å². The number of aromatic nitrogens is 2. The molecule has 1 heterocycles. The molecular formula is C27H31FN3O+. The lowest BCUT2D eigenvalue weighted by atomic mass is 9.65. The Bertz CT molecular complexity index is 1180. The van der Waals surface area contributed by atoms with Crippen LogP contribution in [0.1, 0.15) is 61.5 Å². The van der Waals surface area contributed by atoms with E-state index in [-0.39, 0.29) is 17.3 Å². The minimum atomic E-state index is -0.758. The zero-order valence-electron chi connectivity index (χ0n) is 18.8. The number of halogens is 1. The molecule has 5 rings (SSSR count). The monoisotopic (exact) mass is 432 g/mol. The maximum Gasteiger partial charge on any atom is 0.123 e. The SMILES string of the molecule is C[C@@H]([NH3+])c1ccccc1CC[C@]1(O)CCC2=Cc3c(cnn3-c3ccc(F)cc3)C[C@@]21C. The van der Waals surface area contributed by atoms with Gasteiger partial charge in [-0.25, -0.2) is 9.07 Å². The van der Waals surface area contributed by atoms with Crippen LogP contribution in [0.2, 0.25) is 0 Å². The first-order valence-corrected chi connectivity index (χ1v) is 11.5. The van der Waals surface area contributed by atoms with E-state index in [0.29, 0.717) is 0 Å². The van der Waals surface area contributed by atoms with Crippen molar-refractivity contribution in [2.24, 2.45) is 5.41 Å². The van der Waals surface area contributed by atoms with Crippen LogP contribution in [0.15, 0.2) is 60.3 Å². The maximum atomic E-state index is 13.4. The molecule has 1 saturated carbocycles. The molecule has 5 heteroatoms. The molecule has 4 nitrogen and oxygen atoms in total. The summed E-state index contributed by atoms with van der Waals surface area (Å²) in [5.74, 6) is -0.253. The largest absolute Gasteiger partial charge is 0.389 e. The maximum absolute atomic E-state index is 13.4. The number of rotatable bonds is 5. The number of hydrogen-bond donors (Lipinski definition) is 2. The van der Waals surface area contributed by atoms with Crippen molar-refractivity contribution in [1.29, 1.82) is 0 Å². The molecule has 2 aromatic carbocycles. The number of aliphatic hydroxyl groups is 1. The van der Waals surface area contributed by atoms with E-state index >= 15 is 0 Å². The third-order valence-electron chi connectivity index (χ3n) is 7.75. The Kier molecular flexibility index (Phi) is 5.06. The first kappa shape index (κ1) is 21.1. The molecule has 0 unspecified atom stereocenters. The van der Waals surface area contributed by atoms with Crippen LogP contribution in [-0.4, -0.2) is 20.5 Å². The second-order valence-electron chi connectivity index (χ2n) is 9.75. The van der Waals surface area contributed by atoms with Gasteiger partial charge in [0.2, 0.25) is 0 Å². The molecular weight excluding hydrogens is 401 g/mol. The molecule has 0 saturated heterocycles. The van der Waals surface area contributed by atoms with Gasteiger partial charge in [0.25, 0.3) is 0 Å². The van der Waals surface area contributed by atoms with E-state index in [4.69, 9.17) is 0 Å². The van der Waals surface area contributed by atoms with Crippen LogP contribution in [0.3, 0.4) is 0 Å². The predicted molar refractivity (Wildman–Crippen MR) is 124 cm³/mol. The molecule has 0 radical (unpaired) electrons. The minimum absolute atomic E-state index is 0.227. The van der Waals surface area contributed by atoms with E-state index in [1.165, 1.54) is 28.8 Å². The molecule has 2 aliphatic rings. The Morgan fingerprint density at radius 2 is 1.94 bits per heavy atom. The molecule has 4 N–H and O–H groups in total. The van der Waals surface area contributed by atoms with Crippen LogP contribution in [0.25, 0.3) is 11.8 Å². The van der Waals surface area contributed by atoms with Gasteiger partial charge in [0.05, 0.1) is 23.2 Å². The lowest BCUT2D eigenvalue weighted by Crippen LogP contribution is -2.52. The number of hydrogen-bond acceptors (Lipinski definition) is 2. The molecule has 3 atom stereocenters. The predicted octanol–water partition coefficient (Wildman–Crippen LogP) is 4.42. The van der Waals surface area contributed by atoms with Crippen LogP contribution in [-0.2, 0) is 12.8 Å². The van der Waals surface area contributed by atoms with E-state index in [9.17, 15) is 9.50 Å². The van der Waals surface area contributed by atoms with Crippen LogP contribution in [0.5, 0.6) is 0 Å². The third kappa shape index (κ3) is 3.31. The van der Waals surface area contributed by atoms with Gasteiger partial charge < -0.3 is 10.8 Å². The molecule has 0 bridgehead atoms. The fourth-order valence-electron chi connectivity index (χ4n) is 5.70. The van der Waals surface area contributed by atoms with Crippen molar-refractivity contribution >= 4 is 6.08 Å². The van der Waals surface area contributed by atoms with Crippen molar-refractivity contribution in [3.8, 4) is 5.69 Å². The topological polar surface area (TPSA) is 65.7 Å². The summed E-state index contributed by atoms with van der Waals surface area (Å²) < 4.78 is 15.3. The molecule has 2 aliphatic carbocycles. The van der Waals surface area contributed by atoms with Crippen LogP contribution in [0, 0.1) is 11.2 Å². The van der Waals surface area contributed by atoms with Gasteiger partial charge in [0.15, 0.2) is 0 Å². The summed E-state index contributed by atoms with van der Waals surface area (Å²) in [5.41, 5.74) is 10.00. The average Bonchev–Trinajstić information content (AvgIpc) is 3.29. The van der Waals surface area contributed by atoms with Gasteiger partial charge in [-0.2, -0.15) is 5.10 Å². The highest BCUT2D eigenvalue weighted by Gasteiger charge is 2.54. The Morgan fingerprint density at radius 3 is 2.69 bits per heavy atom. The third-order valence-corrected chi connectivity index (χ3v) is 7.75. The number of benzene rings is 2. The lowest BCUT2D eigenvalue weighted by Gasteiger charge is -2.42. The van der Waals surface area contributed by atoms with Gasteiger partial charge >= 0.3 is 0 Å². The van der Waals surface area contributed by atoms with Gasteiger partial charge in [0, 0.05) is 11.0 Å². The quantitative estimate of drug-likeness (QED) is 0.627. The second kappa shape index (κ2) is 7.68. The fourth-order valence-corrected chi connectivity index (χ4v) is 5.70.